The van der Waals surface area contributed by atoms with E-state index < -0.39 is 12.0 Å². The molecule has 0 radical (unpaired) electrons. The minimum absolute atomic E-state index is 0.216. The SMILES string of the molecule is CCOC(=O)C1=C(C)N=c2s/c(=C\c3cc(C)n(-c4ccc(Br)cc4)c3C)c(=O)n2[C@H]1c1ccccc1OCC. The summed E-state index contributed by atoms with van der Waals surface area (Å²) in [7, 11) is 0. The van der Waals surface area contributed by atoms with Gasteiger partial charge in [0.25, 0.3) is 5.56 Å². The van der Waals surface area contributed by atoms with Gasteiger partial charge in [0.2, 0.25) is 0 Å². The van der Waals surface area contributed by atoms with Crippen molar-refractivity contribution in [3.05, 3.63) is 113 Å². The summed E-state index contributed by atoms with van der Waals surface area (Å²) >= 11 is 4.81. The van der Waals surface area contributed by atoms with Crippen LogP contribution in [0.2, 0.25) is 0 Å². The number of aromatic nitrogens is 2. The van der Waals surface area contributed by atoms with E-state index in [4.69, 9.17) is 14.5 Å². The van der Waals surface area contributed by atoms with Gasteiger partial charge in [-0.15, -0.1) is 0 Å². The lowest BCUT2D eigenvalue weighted by Gasteiger charge is -2.26. The van der Waals surface area contributed by atoms with Crippen LogP contribution in [0.25, 0.3) is 11.8 Å². The maximum Gasteiger partial charge on any atom is 0.338 e. The molecule has 2 aromatic carbocycles. The number of hydrogen-bond acceptors (Lipinski definition) is 6. The van der Waals surface area contributed by atoms with Crippen molar-refractivity contribution < 1.29 is 14.3 Å². The van der Waals surface area contributed by atoms with Gasteiger partial charge in [-0.1, -0.05) is 45.5 Å². The van der Waals surface area contributed by atoms with Gasteiger partial charge in [-0.25, -0.2) is 9.79 Å². The monoisotopic (exact) mass is 619 g/mol. The fourth-order valence-corrected chi connectivity index (χ4v) is 6.44. The summed E-state index contributed by atoms with van der Waals surface area (Å²) in [6, 6.07) is 17.0. The van der Waals surface area contributed by atoms with Gasteiger partial charge in [0, 0.05) is 27.1 Å². The van der Waals surface area contributed by atoms with E-state index in [1.165, 1.54) is 11.3 Å². The van der Waals surface area contributed by atoms with Gasteiger partial charge < -0.3 is 14.0 Å². The average molecular weight is 621 g/mol. The number of para-hydroxylation sites is 1. The third kappa shape index (κ3) is 4.99. The summed E-state index contributed by atoms with van der Waals surface area (Å²) < 4.78 is 16.7. The van der Waals surface area contributed by atoms with Crippen LogP contribution in [0, 0.1) is 13.8 Å². The highest BCUT2D eigenvalue weighted by atomic mass is 79.9. The standard InChI is InChI=1S/C31H30BrN3O4S/c1-6-38-25-11-9-8-10-24(25)28-27(30(37)39-7-2)19(4)33-31-35(28)29(36)26(40-31)17-21-16-18(3)34(20(21)5)23-14-12-22(32)13-15-23/h8-17,28H,6-7H2,1-5H3/b26-17-/t28-/m0/s1. The Morgan fingerprint density at radius 2 is 1.80 bits per heavy atom. The molecule has 0 fully saturated rings. The molecule has 3 heterocycles. The zero-order valence-corrected chi connectivity index (χ0v) is 25.4. The van der Waals surface area contributed by atoms with Crippen LogP contribution in [0.5, 0.6) is 5.75 Å². The van der Waals surface area contributed by atoms with Crippen LogP contribution in [0.1, 0.15) is 49.3 Å². The molecule has 1 aliphatic heterocycles. The Kier molecular flexibility index (Phi) is 7.96. The van der Waals surface area contributed by atoms with E-state index in [9.17, 15) is 9.59 Å². The number of benzene rings is 2. The Morgan fingerprint density at radius 1 is 1.07 bits per heavy atom. The maximum absolute atomic E-state index is 14.1. The summed E-state index contributed by atoms with van der Waals surface area (Å²) in [4.78, 5) is 32.5. The van der Waals surface area contributed by atoms with Crippen molar-refractivity contribution in [1.82, 2.24) is 9.13 Å². The number of ether oxygens (including phenoxy) is 2. The van der Waals surface area contributed by atoms with Crippen LogP contribution in [-0.2, 0) is 9.53 Å². The van der Waals surface area contributed by atoms with Gasteiger partial charge >= 0.3 is 5.97 Å². The van der Waals surface area contributed by atoms with Crippen molar-refractivity contribution in [2.24, 2.45) is 4.99 Å². The molecule has 0 saturated heterocycles. The van der Waals surface area contributed by atoms with Gasteiger partial charge in [-0.05, 0) is 82.7 Å². The Hall–Kier alpha value is -3.69. The fraction of sp³-hybridized carbons (Fsp3) is 0.258. The van der Waals surface area contributed by atoms with Crippen LogP contribution in [0.4, 0.5) is 0 Å². The zero-order valence-electron chi connectivity index (χ0n) is 23.0. The summed E-state index contributed by atoms with van der Waals surface area (Å²) in [6.07, 6.45) is 1.91. The zero-order chi connectivity index (χ0) is 28.6. The van der Waals surface area contributed by atoms with Gasteiger partial charge in [0.05, 0.1) is 29.0 Å². The van der Waals surface area contributed by atoms with Crippen LogP contribution < -0.4 is 19.6 Å². The second kappa shape index (κ2) is 11.4. The first-order valence-corrected chi connectivity index (χ1v) is 14.7. The van der Waals surface area contributed by atoms with Crippen molar-refractivity contribution in [3.8, 4) is 11.4 Å². The lowest BCUT2D eigenvalue weighted by Crippen LogP contribution is -2.40. The Bertz CT molecular complexity index is 1810. The molecule has 5 rings (SSSR count). The smallest absolute Gasteiger partial charge is 0.338 e. The molecule has 0 saturated carbocycles. The van der Waals surface area contributed by atoms with E-state index in [1.54, 1.807) is 18.4 Å². The van der Waals surface area contributed by atoms with Crippen LogP contribution >= 0.6 is 27.3 Å². The maximum atomic E-state index is 14.1. The third-order valence-corrected chi connectivity index (χ3v) is 8.38. The van der Waals surface area contributed by atoms with E-state index in [1.807, 2.05) is 63.2 Å². The predicted molar refractivity (Wildman–Crippen MR) is 161 cm³/mol. The van der Waals surface area contributed by atoms with Crippen molar-refractivity contribution in [3.63, 3.8) is 0 Å². The number of aryl methyl sites for hydroxylation is 1. The van der Waals surface area contributed by atoms with Crippen LogP contribution in [0.15, 0.2) is 80.1 Å². The number of esters is 1. The number of thiazole rings is 1. The minimum atomic E-state index is -0.726. The van der Waals surface area contributed by atoms with Gasteiger partial charge in [0.15, 0.2) is 4.80 Å². The number of hydrogen-bond donors (Lipinski definition) is 0. The van der Waals surface area contributed by atoms with E-state index in [2.05, 4.69) is 38.7 Å². The molecule has 0 aliphatic carbocycles. The molecule has 0 N–H and O–H groups in total. The molecule has 40 heavy (non-hydrogen) atoms. The van der Waals surface area contributed by atoms with Gasteiger partial charge in [-0.3, -0.25) is 9.36 Å². The Labute approximate surface area is 244 Å². The highest BCUT2D eigenvalue weighted by Crippen LogP contribution is 2.36. The molecule has 0 amide bonds. The van der Waals surface area contributed by atoms with Crippen LogP contribution in [0.3, 0.4) is 0 Å². The molecule has 206 valence electrons. The van der Waals surface area contributed by atoms with E-state index in [0.29, 0.717) is 38.5 Å². The molecule has 2 aromatic heterocycles. The Morgan fingerprint density at radius 3 is 2.50 bits per heavy atom. The number of carbonyl (C=O) groups is 1. The second-order valence-corrected chi connectivity index (χ2v) is 11.3. The first kappa shape index (κ1) is 27.9. The van der Waals surface area contributed by atoms with E-state index in [0.717, 1.165) is 27.1 Å². The van der Waals surface area contributed by atoms with Crippen molar-refractivity contribution in [1.29, 1.82) is 0 Å². The second-order valence-electron chi connectivity index (χ2n) is 9.41. The van der Waals surface area contributed by atoms with Crippen molar-refractivity contribution >= 4 is 39.3 Å². The summed E-state index contributed by atoms with van der Waals surface area (Å²) in [5, 5.41) is 0. The lowest BCUT2D eigenvalue weighted by molar-refractivity contribution is -0.139. The molecule has 7 nitrogen and oxygen atoms in total. The number of rotatable bonds is 7. The number of nitrogens with zero attached hydrogens (tertiary/aromatic N) is 3. The molecule has 0 unspecified atom stereocenters. The largest absolute Gasteiger partial charge is 0.494 e. The highest BCUT2D eigenvalue weighted by molar-refractivity contribution is 9.10. The topological polar surface area (TPSA) is 74.8 Å². The summed E-state index contributed by atoms with van der Waals surface area (Å²) in [6.45, 7) is 10.2. The number of fused-ring (bicyclic) bond motifs is 1. The molecule has 1 atom stereocenters. The van der Waals surface area contributed by atoms with Crippen molar-refractivity contribution in [2.75, 3.05) is 13.2 Å². The number of halogens is 1. The molecular formula is C31H30BrN3O4S. The summed E-state index contributed by atoms with van der Waals surface area (Å²) in [5.74, 6) is 0.117. The first-order valence-electron chi connectivity index (χ1n) is 13.1. The minimum Gasteiger partial charge on any atom is -0.494 e. The average Bonchev–Trinajstić information content (AvgIpc) is 3.38. The number of carbonyl (C=O) groups excluding carboxylic acids is 1. The highest BCUT2D eigenvalue weighted by Gasteiger charge is 2.35. The first-order chi connectivity index (χ1) is 19.2. The summed E-state index contributed by atoms with van der Waals surface area (Å²) in [5.41, 5.74) is 5.41. The molecule has 9 heteroatoms. The van der Waals surface area contributed by atoms with E-state index in [-0.39, 0.29) is 12.2 Å². The molecule has 4 aromatic rings. The predicted octanol–water partition coefficient (Wildman–Crippen LogP) is 5.37. The van der Waals surface area contributed by atoms with Crippen LogP contribution in [-0.4, -0.2) is 28.3 Å². The molecular weight excluding hydrogens is 590 g/mol. The van der Waals surface area contributed by atoms with Gasteiger partial charge in [0.1, 0.15) is 11.8 Å². The van der Waals surface area contributed by atoms with E-state index >= 15 is 0 Å². The normalized spacial score (nSPS) is 15.2. The molecule has 0 spiro atoms. The number of allylic oxidation sites excluding steroid dienone is 1. The third-order valence-electron chi connectivity index (χ3n) is 6.87. The van der Waals surface area contributed by atoms with Crippen molar-refractivity contribution in [2.45, 2.75) is 40.7 Å². The molecule has 0 bridgehead atoms. The molecule has 1 aliphatic rings. The quantitative estimate of drug-likeness (QED) is 0.261. The Balaban J connectivity index is 1.71. The van der Waals surface area contributed by atoms with Gasteiger partial charge in [-0.2, -0.15) is 0 Å². The lowest BCUT2D eigenvalue weighted by atomic mass is 9.95. The fourth-order valence-electron chi connectivity index (χ4n) is 5.14.